The monoisotopic (exact) mass is 327 g/mol. The lowest BCUT2D eigenvalue weighted by atomic mass is 10.1. The number of H-pyrrole nitrogens is 1. The number of rotatable bonds is 5. The predicted octanol–water partition coefficient (Wildman–Crippen LogP) is 1.37. The molecule has 1 aromatic heterocycles. The van der Waals surface area contributed by atoms with Gasteiger partial charge in [-0.25, -0.2) is 0 Å². The zero-order chi connectivity index (χ0) is 16.4. The summed E-state index contributed by atoms with van der Waals surface area (Å²) in [5, 5.41) is 13.9. The molecule has 7 heteroatoms. The third-order valence-electron chi connectivity index (χ3n) is 4.92. The van der Waals surface area contributed by atoms with Crippen molar-refractivity contribution in [1.82, 2.24) is 25.5 Å². The van der Waals surface area contributed by atoms with Crippen molar-refractivity contribution in [3.05, 3.63) is 41.7 Å². The molecule has 1 aliphatic heterocycles. The Balaban J connectivity index is 1.28. The van der Waals surface area contributed by atoms with Crippen LogP contribution in [0.15, 0.2) is 30.3 Å². The number of carbonyl (C=O) groups excluding carboxylic acids is 1. The molecule has 0 spiro atoms. The zero-order valence-electron chi connectivity index (χ0n) is 13.5. The van der Waals surface area contributed by atoms with Crippen LogP contribution >= 0.6 is 0 Å². The van der Waals surface area contributed by atoms with E-state index in [0.29, 0.717) is 43.8 Å². The van der Waals surface area contributed by atoms with E-state index < -0.39 is 0 Å². The number of aromatic amines is 1. The summed E-state index contributed by atoms with van der Waals surface area (Å²) in [7, 11) is 0. The van der Waals surface area contributed by atoms with Crippen LogP contribution < -0.4 is 0 Å². The van der Waals surface area contributed by atoms with Crippen molar-refractivity contribution in [2.45, 2.75) is 25.4 Å². The first-order valence-corrected chi connectivity index (χ1v) is 8.46. The Morgan fingerprint density at radius 1 is 1.29 bits per heavy atom. The Morgan fingerprint density at radius 2 is 2.17 bits per heavy atom. The van der Waals surface area contributed by atoms with Gasteiger partial charge in [0.1, 0.15) is 6.10 Å². The fourth-order valence-corrected chi connectivity index (χ4v) is 3.42. The molecule has 1 aromatic carbocycles. The Kier molecular flexibility index (Phi) is 4.25. The van der Waals surface area contributed by atoms with E-state index in [4.69, 9.17) is 4.74 Å². The van der Waals surface area contributed by atoms with E-state index in [-0.39, 0.29) is 12.0 Å². The first-order chi connectivity index (χ1) is 11.8. The molecule has 7 nitrogen and oxygen atoms in total. The molecule has 1 saturated carbocycles. The van der Waals surface area contributed by atoms with Gasteiger partial charge in [-0.3, -0.25) is 4.79 Å². The second-order valence-electron chi connectivity index (χ2n) is 6.62. The average molecular weight is 327 g/mol. The van der Waals surface area contributed by atoms with E-state index in [0.717, 1.165) is 12.8 Å². The van der Waals surface area contributed by atoms with Gasteiger partial charge in [0.15, 0.2) is 0 Å². The molecule has 1 amide bonds. The highest BCUT2D eigenvalue weighted by atomic mass is 16.5. The molecule has 1 aliphatic carbocycles. The molecule has 1 saturated heterocycles. The van der Waals surface area contributed by atoms with Crippen molar-refractivity contribution in [3.8, 4) is 0 Å². The number of amides is 1. The Hall–Kier alpha value is -2.28. The van der Waals surface area contributed by atoms with Gasteiger partial charge >= 0.3 is 0 Å². The van der Waals surface area contributed by atoms with Gasteiger partial charge in [-0.2, -0.15) is 5.21 Å². The summed E-state index contributed by atoms with van der Waals surface area (Å²) in [6.07, 6.45) is 2.59. The Labute approximate surface area is 140 Å². The Morgan fingerprint density at radius 3 is 2.96 bits per heavy atom. The number of nitrogens with one attached hydrogen (secondary N) is 1. The van der Waals surface area contributed by atoms with Crippen molar-refractivity contribution >= 4 is 5.91 Å². The molecule has 0 radical (unpaired) electrons. The van der Waals surface area contributed by atoms with Crippen molar-refractivity contribution < 1.29 is 9.53 Å². The number of ether oxygens (including phenoxy) is 1. The SMILES string of the molecule is O=C(C[C@@H]1C[C@H]1Cc1ccccc1)N1CCOC(c2nn[nH]n2)C1. The number of carbonyl (C=O) groups is 1. The highest BCUT2D eigenvalue weighted by Gasteiger charge is 2.39. The molecule has 2 heterocycles. The summed E-state index contributed by atoms with van der Waals surface area (Å²) < 4.78 is 5.64. The van der Waals surface area contributed by atoms with Crippen molar-refractivity contribution in [1.29, 1.82) is 0 Å². The van der Waals surface area contributed by atoms with Crippen LogP contribution in [0.2, 0.25) is 0 Å². The molecule has 126 valence electrons. The fourth-order valence-electron chi connectivity index (χ4n) is 3.42. The van der Waals surface area contributed by atoms with Crippen LogP contribution in [0, 0.1) is 11.8 Å². The first-order valence-electron chi connectivity index (χ1n) is 8.46. The summed E-state index contributed by atoms with van der Waals surface area (Å²) in [6.45, 7) is 1.67. The summed E-state index contributed by atoms with van der Waals surface area (Å²) in [4.78, 5) is 14.4. The molecule has 4 rings (SSSR count). The van der Waals surface area contributed by atoms with Gasteiger partial charge in [0.05, 0.1) is 13.2 Å². The maximum atomic E-state index is 12.6. The van der Waals surface area contributed by atoms with Gasteiger partial charge in [0.2, 0.25) is 11.7 Å². The molecule has 3 atom stereocenters. The second-order valence-corrected chi connectivity index (χ2v) is 6.62. The summed E-state index contributed by atoms with van der Waals surface area (Å²) in [5.41, 5.74) is 1.36. The summed E-state index contributed by atoms with van der Waals surface area (Å²) in [6, 6.07) is 10.5. The number of aromatic nitrogens is 4. The van der Waals surface area contributed by atoms with E-state index in [2.05, 4.69) is 44.9 Å². The number of hydrogen-bond donors (Lipinski definition) is 1. The average Bonchev–Trinajstić information content (AvgIpc) is 3.12. The Bertz CT molecular complexity index is 676. The van der Waals surface area contributed by atoms with Crippen molar-refractivity contribution in [3.63, 3.8) is 0 Å². The normalized spacial score (nSPS) is 26.3. The number of hydrogen-bond acceptors (Lipinski definition) is 5. The molecule has 2 aliphatic rings. The first kappa shape index (κ1) is 15.3. The van der Waals surface area contributed by atoms with Crippen LogP contribution in [0.5, 0.6) is 0 Å². The largest absolute Gasteiger partial charge is 0.366 e. The molecular weight excluding hydrogens is 306 g/mol. The molecule has 24 heavy (non-hydrogen) atoms. The van der Waals surface area contributed by atoms with Crippen LogP contribution in [-0.4, -0.2) is 51.1 Å². The third kappa shape index (κ3) is 3.46. The van der Waals surface area contributed by atoms with E-state index in [1.165, 1.54) is 5.56 Å². The highest BCUT2D eigenvalue weighted by Crippen LogP contribution is 2.44. The van der Waals surface area contributed by atoms with Crippen LogP contribution in [0.3, 0.4) is 0 Å². The standard InChI is InChI=1S/C17H21N5O2/c23-16(10-14-9-13(14)8-12-4-2-1-3-5-12)22-6-7-24-15(11-22)17-18-20-21-19-17/h1-5,13-15H,6-11H2,(H,18,19,20,21)/t13-,14+,15?/m1/s1. The second kappa shape index (κ2) is 6.68. The maximum absolute atomic E-state index is 12.6. The van der Waals surface area contributed by atoms with E-state index in [1.807, 2.05) is 11.0 Å². The highest BCUT2D eigenvalue weighted by molar-refractivity contribution is 5.77. The van der Waals surface area contributed by atoms with E-state index in [1.54, 1.807) is 0 Å². The zero-order valence-corrected chi connectivity index (χ0v) is 13.5. The number of tetrazole rings is 1. The van der Waals surface area contributed by atoms with Gasteiger partial charge in [-0.15, -0.1) is 10.2 Å². The van der Waals surface area contributed by atoms with Crippen molar-refractivity contribution in [2.24, 2.45) is 11.8 Å². The molecule has 1 N–H and O–H groups in total. The van der Waals surface area contributed by atoms with Crippen LogP contribution in [0.1, 0.15) is 30.3 Å². The summed E-state index contributed by atoms with van der Waals surface area (Å²) >= 11 is 0. The minimum Gasteiger partial charge on any atom is -0.366 e. The van der Waals surface area contributed by atoms with Gasteiger partial charge in [-0.1, -0.05) is 35.5 Å². The van der Waals surface area contributed by atoms with Gasteiger partial charge in [-0.05, 0) is 30.2 Å². The molecule has 0 bridgehead atoms. The van der Waals surface area contributed by atoms with Gasteiger partial charge in [0, 0.05) is 13.0 Å². The van der Waals surface area contributed by atoms with E-state index >= 15 is 0 Å². The topological polar surface area (TPSA) is 84.0 Å². The van der Waals surface area contributed by atoms with Crippen LogP contribution in [0.25, 0.3) is 0 Å². The minimum absolute atomic E-state index is 0.215. The quantitative estimate of drug-likeness (QED) is 0.896. The predicted molar refractivity (Wildman–Crippen MR) is 85.8 cm³/mol. The molecule has 2 aromatic rings. The maximum Gasteiger partial charge on any atom is 0.223 e. The van der Waals surface area contributed by atoms with Crippen molar-refractivity contribution in [2.75, 3.05) is 19.7 Å². The molecule has 1 unspecified atom stereocenters. The summed E-state index contributed by atoms with van der Waals surface area (Å²) in [5.74, 6) is 1.89. The lowest BCUT2D eigenvalue weighted by Crippen LogP contribution is -2.42. The number of benzene rings is 1. The number of morpholine rings is 1. The smallest absolute Gasteiger partial charge is 0.223 e. The fraction of sp³-hybridized carbons (Fsp3) is 0.529. The molecular formula is C17H21N5O2. The van der Waals surface area contributed by atoms with Crippen LogP contribution in [-0.2, 0) is 16.0 Å². The number of nitrogens with zero attached hydrogens (tertiary/aromatic N) is 4. The van der Waals surface area contributed by atoms with E-state index in [9.17, 15) is 4.79 Å². The lowest BCUT2D eigenvalue weighted by molar-refractivity contribution is -0.139. The van der Waals surface area contributed by atoms with Gasteiger partial charge < -0.3 is 9.64 Å². The van der Waals surface area contributed by atoms with Gasteiger partial charge in [0.25, 0.3) is 0 Å². The van der Waals surface area contributed by atoms with Crippen LogP contribution in [0.4, 0.5) is 0 Å². The lowest BCUT2D eigenvalue weighted by Gasteiger charge is -2.31. The minimum atomic E-state index is -0.277. The molecule has 2 fully saturated rings. The third-order valence-corrected chi connectivity index (χ3v) is 4.92.